The zero-order chi connectivity index (χ0) is 22.7. The summed E-state index contributed by atoms with van der Waals surface area (Å²) in [5, 5.41) is 8.37. The van der Waals surface area contributed by atoms with E-state index in [1.54, 1.807) is 26.0 Å². The summed E-state index contributed by atoms with van der Waals surface area (Å²) in [6, 6.07) is 5.94. The normalized spacial score (nSPS) is 12.4. The molecule has 0 saturated carbocycles. The SMILES string of the molecule is Bc1ccc(NC(=S)Nc2cc(C(F)(F)F)cc(C(F)(F)F)c2)c(/C(N)=N/NN)c1. The number of benzene rings is 2. The first-order chi connectivity index (χ1) is 13.8. The Bertz CT molecular complexity index is 943. The van der Waals surface area contributed by atoms with Gasteiger partial charge in [0.15, 0.2) is 10.9 Å². The van der Waals surface area contributed by atoms with Crippen LogP contribution >= 0.6 is 12.2 Å². The first-order valence-electron chi connectivity index (χ1n) is 8.08. The van der Waals surface area contributed by atoms with E-state index >= 15 is 0 Å². The number of hydrazone groups is 1. The quantitative estimate of drug-likeness (QED) is 0.0932. The molecule has 2 aromatic carbocycles. The van der Waals surface area contributed by atoms with Crippen molar-refractivity contribution >= 4 is 47.8 Å². The van der Waals surface area contributed by atoms with Crippen LogP contribution in [0.2, 0.25) is 0 Å². The van der Waals surface area contributed by atoms with Gasteiger partial charge in [0.25, 0.3) is 0 Å². The van der Waals surface area contributed by atoms with Gasteiger partial charge in [0.2, 0.25) is 0 Å². The second kappa shape index (κ2) is 8.79. The van der Waals surface area contributed by atoms with Gasteiger partial charge in [0.1, 0.15) is 7.85 Å². The van der Waals surface area contributed by atoms with Crippen LogP contribution in [0.1, 0.15) is 16.7 Å². The van der Waals surface area contributed by atoms with Crippen molar-refractivity contribution in [3.8, 4) is 0 Å². The van der Waals surface area contributed by atoms with Crippen LogP contribution in [0.25, 0.3) is 0 Å². The van der Waals surface area contributed by atoms with Crippen molar-refractivity contribution in [3.05, 3.63) is 53.1 Å². The zero-order valence-electron chi connectivity index (χ0n) is 15.2. The Morgan fingerprint density at radius 1 is 0.933 bits per heavy atom. The lowest BCUT2D eigenvalue weighted by molar-refractivity contribution is -0.143. The van der Waals surface area contributed by atoms with Crippen molar-refractivity contribution < 1.29 is 26.3 Å². The van der Waals surface area contributed by atoms with Gasteiger partial charge in [-0.1, -0.05) is 17.6 Å². The summed E-state index contributed by atoms with van der Waals surface area (Å²) in [6.07, 6.45) is -9.95. The third kappa shape index (κ3) is 6.00. The summed E-state index contributed by atoms with van der Waals surface area (Å²) in [6.45, 7) is 0. The van der Waals surface area contributed by atoms with Gasteiger partial charge < -0.3 is 16.4 Å². The van der Waals surface area contributed by atoms with E-state index in [1.807, 2.05) is 5.53 Å². The fraction of sp³-hybridized carbons (Fsp3) is 0.125. The van der Waals surface area contributed by atoms with Gasteiger partial charge in [-0.05, 0) is 36.5 Å². The Morgan fingerprint density at radius 2 is 1.50 bits per heavy atom. The van der Waals surface area contributed by atoms with Crippen molar-refractivity contribution in [3.63, 3.8) is 0 Å². The molecule has 2 aromatic rings. The first kappa shape index (κ1) is 23.3. The number of hydrogen-bond acceptors (Lipinski definition) is 4. The van der Waals surface area contributed by atoms with E-state index in [9.17, 15) is 26.3 Å². The van der Waals surface area contributed by atoms with E-state index in [2.05, 4.69) is 15.7 Å². The van der Waals surface area contributed by atoms with Gasteiger partial charge >= 0.3 is 12.4 Å². The van der Waals surface area contributed by atoms with E-state index in [0.29, 0.717) is 23.4 Å². The summed E-state index contributed by atoms with van der Waals surface area (Å²) < 4.78 is 77.9. The van der Waals surface area contributed by atoms with Crippen LogP contribution in [0.3, 0.4) is 0 Å². The minimum absolute atomic E-state index is 0.0232. The molecule has 14 heteroatoms. The van der Waals surface area contributed by atoms with Gasteiger partial charge in [-0.2, -0.15) is 26.3 Å². The number of halogens is 6. The minimum atomic E-state index is -4.98. The Morgan fingerprint density at radius 3 is 2.00 bits per heavy atom. The van der Waals surface area contributed by atoms with Crippen LogP contribution in [-0.2, 0) is 12.4 Å². The molecule has 6 nitrogen and oxygen atoms in total. The monoisotopic (exact) mass is 448 g/mol. The summed E-state index contributed by atoms with van der Waals surface area (Å²) >= 11 is 5.03. The molecule has 0 aromatic heterocycles. The molecule has 0 saturated heterocycles. The zero-order valence-corrected chi connectivity index (χ0v) is 16.1. The van der Waals surface area contributed by atoms with Crippen LogP contribution < -0.4 is 33.2 Å². The standard InChI is InChI=1S/C16H15BF6N6S/c17-9-1-2-12(11(6-9)13(24)28-29-25)27-14(30)26-10-4-7(15(18,19)20)3-8(5-10)16(21,22)23/h1-6,29H,17,25H2,(H2,24,28)(H2,26,27,30). The highest BCUT2D eigenvalue weighted by Gasteiger charge is 2.37. The molecule has 0 aliphatic carbocycles. The van der Waals surface area contributed by atoms with E-state index in [0.717, 1.165) is 5.46 Å². The smallest absolute Gasteiger partial charge is 0.382 e. The molecule has 0 amide bonds. The Kier molecular flexibility index (Phi) is 6.82. The maximum absolute atomic E-state index is 13.0. The highest BCUT2D eigenvalue weighted by atomic mass is 32.1. The molecule has 0 spiro atoms. The van der Waals surface area contributed by atoms with Crippen molar-refractivity contribution in [2.75, 3.05) is 10.6 Å². The number of thiocarbonyl (C=S) groups is 1. The highest BCUT2D eigenvalue weighted by Crippen LogP contribution is 2.37. The van der Waals surface area contributed by atoms with Crippen molar-refractivity contribution in [1.82, 2.24) is 5.53 Å². The molecule has 0 unspecified atom stereocenters. The third-order valence-electron chi connectivity index (χ3n) is 3.73. The van der Waals surface area contributed by atoms with Gasteiger partial charge in [-0.15, -0.1) is 5.10 Å². The molecule has 0 heterocycles. The molecule has 0 fully saturated rings. The molecule has 0 radical (unpaired) electrons. The molecule has 2 rings (SSSR count). The molecule has 160 valence electrons. The lowest BCUT2D eigenvalue weighted by Gasteiger charge is -2.17. The first-order valence-corrected chi connectivity index (χ1v) is 8.49. The van der Waals surface area contributed by atoms with Crippen LogP contribution in [0, 0.1) is 0 Å². The number of rotatable bonds is 4. The molecular formula is C16H15BF6N6S. The number of alkyl halides is 6. The molecule has 0 aliphatic rings. The summed E-state index contributed by atoms with van der Waals surface area (Å²) in [5.41, 5.74) is 5.85. The fourth-order valence-corrected chi connectivity index (χ4v) is 2.65. The molecule has 30 heavy (non-hydrogen) atoms. The minimum Gasteiger partial charge on any atom is -0.382 e. The van der Waals surface area contributed by atoms with Crippen LogP contribution in [-0.4, -0.2) is 18.8 Å². The number of anilines is 2. The third-order valence-corrected chi connectivity index (χ3v) is 3.93. The Balaban J connectivity index is 2.34. The van der Waals surface area contributed by atoms with Crippen molar-refractivity contribution in [2.45, 2.75) is 12.4 Å². The lowest BCUT2D eigenvalue weighted by Crippen LogP contribution is -2.27. The van der Waals surface area contributed by atoms with E-state index in [4.69, 9.17) is 23.8 Å². The number of nitrogens with zero attached hydrogens (tertiary/aromatic N) is 1. The predicted molar refractivity (Wildman–Crippen MR) is 109 cm³/mol. The Labute approximate surface area is 173 Å². The molecule has 0 aliphatic heterocycles. The van der Waals surface area contributed by atoms with Gasteiger partial charge in [-0.25, -0.2) is 11.4 Å². The average Bonchev–Trinajstić information content (AvgIpc) is 2.61. The number of hydrogen-bond donors (Lipinski definition) is 5. The Hall–Kier alpha value is -3.00. The largest absolute Gasteiger partial charge is 0.416 e. The maximum atomic E-state index is 13.0. The van der Waals surface area contributed by atoms with E-state index < -0.39 is 29.2 Å². The fourth-order valence-electron chi connectivity index (χ4n) is 2.42. The van der Waals surface area contributed by atoms with E-state index in [1.165, 1.54) is 0 Å². The van der Waals surface area contributed by atoms with Gasteiger partial charge in [-0.3, -0.25) is 0 Å². The van der Waals surface area contributed by atoms with Gasteiger partial charge in [0.05, 0.1) is 16.8 Å². The maximum Gasteiger partial charge on any atom is 0.416 e. The molecule has 7 N–H and O–H groups in total. The second-order valence-corrected chi connectivity index (χ2v) is 6.46. The van der Waals surface area contributed by atoms with Crippen LogP contribution in [0.5, 0.6) is 0 Å². The second-order valence-electron chi connectivity index (χ2n) is 6.05. The number of nitrogens with two attached hydrogens (primary N) is 2. The molecule has 0 bridgehead atoms. The topological polar surface area (TPSA) is 100 Å². The van der Waals surface area contributed by atoms with Gasteiger partial charge in [0, 0.05) is 11.3 Å². The lowest BCUT2D eigenvalue weighted by atomic mass is 9.93. The summed E-state index contributed by atoms with van der Waals surface area (Å²) in [7, 11) is 1.77. The van der Waals surface area contributed by atoms with Crippen LogP contribution in [0.4, 0.5) is 37.7 Å². The summed E-state index contributed by atoms with van der Waals surface area (Å²) in [5.74, 6) is 5.07. The van der Waals surface area contributed by atoms with Crippen LogP contribution in [0.15, 0.2) is 41.5 Å². The number of nitrogens with one attached hydrogen (secondary N) is 3. The predicted octanol–water partition coefficient (Wildman–Crippen LogP) is 1.88. The summed E-state index contributed by atoms with van der Waals surface area (Å²) in [4.78, 5) is 0. The average molecular weight is 448 g/mol. The van der Waals surface area contributed by atoms with Crippen molar-refractivity contribution in [2.24, 2.45) is 16.7 Å². The number of amidine groups is 1. The number of hydrazine groups is 1. The van der Waals surface area contributed by atoms with Crippen molar-refractivity contribution in [1.29, 1.82) is 0 Å². The van der Waals surface area contributed by atoms with E-state index in [-0.39, 0.29) is 17.0 Å². The molecular weight excluding hydrogens is 433 g/mol. The molecule has 0 atom stereocenters. The highest BCUT2D eigenvalue weighted by molar-refractivity contribution is 7.80.